The molecule has 0 fully saturated rings. The summed E-state index contributed by atoms with van der Waals surface area (Å²) in [7, 11) is 0. The Morgan fingerprint density at radius 1 is 0.960 bits per heavy atom. The normalized spacial score (nSPS) is 10.0. The van der Waals surface area contributed by atoms with Crippen LogP contribution >= 0.6 is 15.9 Å². The summed E-state index contributed by atoms with van der Waals surface area (Å²) in [5.41, 5.74) is 1.06. The van der Waals surface area contributed by atoms with Gasteiger partial charge in [-0.25, -0.2) is 4.79 Å². The molecular weight excluding hydrogens is 390 g/mol. The van der Waals surface area contributed by atoms with Crippen LogP contribution in [0.3, 0.4) is 0 Å². The molecule has 0 unspecified atom stereocenters. The number of nitrogens with one attached hydrogen (secondary N) is 1. The maximum Gasteiger partial charge on any atom is 0.344 e. The average Bonchev–Trinajstić information content (AvgIpc) is 2.60. The summed E-state index contributed by atoms with van der Waals surface area (Å²) in [6.07, 6.45) is 0. The third-order valence-electron chi connectivity index (χ3n) is 3.11. The Kier molecular flexibility index (Phi) is 6.71. The lowest BCUT2D eigenvalue weighted by Gasteiger charge is -2.08. The van der Waals surface area contributed by atoms with Crippen LogP contribution in [-0.2, 0) is 14.3 Å². The largest absolute Gasteiger partial charge is 0.482 e. The van der Waals surface area contributed by atoms with E-state index >= 15 is 0 Å². The monoisotopic (exact) mass is 405 g/mol. The number of anilines is 1. The standard InChI is InChI=1S/C18H16BrNO5/c1-12(21)13-2-6-15(7-3-13)20-17(22)10-25-18(23)11-24-16-8-4-14(19)5-9-16/h2-9H,10-11H2,1H3,(H,20,22). The second-order valence-electron chi connectivity index (χ2n) is 5.08. The number of carbonyl (C=O) groups excluding carboxylic acids is 3. The zero-order valence-electron chi connectivity index (χ0n) is 13.5. The first-order chi connectivity index (χ1) is 11.9. The molecule has 6 nitrogen and oxygen atoms in total. The molecule has 0 saturated heterocycles. The van der Waals surface area contributed by atoms with Gasteiger partial charge in [0.25, 0.3) is 5.91 Å². The van der Waals surface area contributed by atoms with Gasteiger partial charge in [0.05, 0.1) is 0 Å². The van der Waals surface area contributed by atoms with Gasteiger partial charge < -0.3 is 14.8 Å². The van der Waals surface area contributed by atoms with Crippen molar-refractivity contribution in [3.8, 4) is 5.75 Å². The summed E-state index contributed by atoms with van der Waals surface area (Å²) in [6, 6.07) is 13.4. The molecule has 2 rings (SSSR count). The van der Waals surface area contributed by atoms with Gasteiger partial charge >= 0.3 is 5.97 Å². The fourth-order valence-electron chi connectivity index (χ4n) is 1.85. The fraction of sp³-hybridized carbons (Fsp3) is 0.167. The third-order valence-corrected chi connectivity index (χ3v) is 3.64. The third kappa shape index (κ3) is 6.39. The van der Waals surface area contributed by atoms with Crippen molar-refractivity contribution < 1.29 is 23.9 Å². The Labute approximate surface area is 153 Å². The number of halogens is 1. The Balaban J connectivity index is 1.72. The molecule has 0 saturated carbocycles. The highest BCUT2D eigenvalue weighted by Crippen LogP contribution is 2.16. The number of carbonyl (C=O) groups is 3. The second-order valence-corrected chi connectivity index (χ2v) is 6.00. The number of amides is 1. The van der Waals surface area contributed by atoms with Gasteiger partial charge in [0, 0.05) is 15.7 Å². The van der Waals surface area contributed by atoms with E-state index in [0.29, 0.717) is 17.0 Å². The van der Waals surface area contributed by atoms with E-state index in [4.69, 9.17) is 9.47 Å². The van der Waals surface area contributed by atoms with E-state index < -0.39 is 18.5 Å². The van der Waals surface area contributed by atoms with Crippen LogP contribution in [0, 0.1) is 0 Å². The first-order valence-corrected chi connectivity index (χ1v) is 8.18. The van der Waals surface area contributed by atoms with Crippen molar-refractivity contribution in [3.63, 3.8) is 0 Å². The number of benzene rings is 2. The molecule has 7 heteroatoms. The highest BCUT2D eigenvalue weighted by atomic mass is 79.9. The summed E-state index contributed by atoms with van der Waals surface area (Å²) in [5.74, 6) is -0.662. The van der Waals surface area contributed by atoms with Gasteiger partial charge in [-0.1, -0.05) is 15.9 Å². The molecule has 0 bridgehead atoms. The zero-order chi connectivity index (χ0) is 18.2. The molecule has 0 heterocycles. The first-order valence-electron chi connectivity index (χ1n) is 7.39. The van der Waals surface area contributed by atoms with Crippen molar-refractivity contribution in [2.24, 2.45) is 0 Å². The van der Waals surface area contributed by atoms with E-state index in [-0.39, 0.29) is 12.4 Å². The van der Waals surface area contributed by atoms with Crippen molar-refractivity contribution in [3.05, 3.63) is 58.6 Å². The molecule has 0 aliphatic heterocycles. The van der Waals surface area contributed by atoms with Gasteiger partial charge in [0.15, 0.2) is 19.0 Å². The van der Waals surface area contributed by atoms with E-state index in [0.717, 1.165) is 4.47 Å². The van der Waals surface area contributed by atoms with Crippen LogP contribution < -0.4 is 10.1 Å². The molecule has 1 amide bonds. The lowest BCUT2D eigenvalue weighted by molar-refractivity contribution is -0.149. The van der Waals surface area contributed by atoms with Crippen molar-refractivity contribution in [1.82, 2.24) is 0 Å². The summed E-state index contributed by atoms with van der Waals surface area (Å²) < 4.78 is 11.0. The minimum atomic E-state index is -0.648. The number of ether oxygens (including phenoxy) is 2. The highest BCUT2D eigenvalue weighted by Gasteiger charge is 2.09. The van der Waals surface area contributed by atoms with Crippen LogP contribution in [0.25, 0.3) is 0 Å². The van der Waals surface area contributed by atoms with Crippen LogP contribution in [0.15, 0.2) is 53.0 Å². The summed E-state index contributed by atoms with van der Waals surface area (Å²) in [4.78, 5) is 34.5. The molecule has 0 radical (unpaired) electrons. The lowest BCUT2D eigenvalue weighted by Crippen LogP contribution is -2.23. The molecule has 0 aliphatic carbocycles. The Bertz CT molecular complexity index is 756. The Morgan fingerprint density at radius 2 is 1.60 bits per heavy atom. The van der Waals surface area contributed by atoms with Crippen LogP contribution in [0.5, 0.6) is 5.75 Å². The van der Waals surface area contributed by atoms with Gasteiger partial charge in [-0.05, 0) is 55.5 Å². The Hall–Kier alpha value is -2.67. The number of hydrogen-bond acceptors (Lipinski definition) is 5. The van der Waals surface area contributed by atoms with Gasteiger partial charge in [-0.3, -0.25) is 9.59 Å². The van der Waals surface area contributed by atoms with Gasteiger partial charge in [0.1, 0.15) is 5.75 Å². The Morgan fingerprint density at radius 3 is 2.20 bits per heavy atom. The second kappa shape index (κ2) is 8.98. The summed E-state index contributed by atoms with van der Waals surface area (Å²) >= 11 is 3.30. The highest BCUT2D eigenvalue weighted by molar-refractivity contribution is 9.10. The van der Waals surface area contributed by atoms with Crippen LogP contribution in [0.1, 0.15) is 17.3 Å². The van der Waals surface area contributed by atoms with Crippen molar-refractivity contribution >= 4 is 39.3 Å². The zero-order valence-corrected chi connectivity index (χ0v) is 15.0. The molecule has 0 aliphatic rings. The minimum Gasteiger partial charge on any atom is -0.482 e. The number of hydrogen-bond donors (Lipinski definition) is 1. The fourth-order valence-corrected chi connectivity index (χ4v) is 2.11. The number of rotatable bonds is 7. The molecule has 2 aromatic rings. The average molecular weight is 406 g/mol. The quantitative estimate of drug-likeness (QED) is 0.564. The summed E-state index contributed by atoms with van der Waals surface area (Å²) in [5, 5.41) is 2.57. The van der Waals surface area contributed by atoms with Crippen molar-refractivity contribution in [2.75, 3.05) is 18.5 Å². The van der Waals surface area contributed by atoms with Crippen LogP contribution in [0.4, 0.5) is 5.69 Å². The van der Waals surface area contributed by atoms with Gasteiger partial charge in [-0.2, -0.15) is 0 Å². The van der Waals surface area contributed by atoms with E-state index in [2.05, 4.69) is 21.2 Å². The molecular formula is C18H16BrNO5. The van der Waals surface area contributed by atoms with Crippen molar-refractivity contribution in [1.29, 1.82) is 0 Å². The molecule has 0 atom stereocenters. The molecule has 25 heavy (non-hydrogen) atoms. The maximum absolute atomic E-state index is 11.7. The van der Waals surface area contributed by atoms with Crippen LogP contribution in [0.2, 0.25) is 0 Å². The van der Waals surface area contributed by atoms with Gasteiger partial charge in [-0.15, -0.1) is 0 Å². The number of Topliss-reactive ketones (excluding diaryl/α,β-unsaturated/α-hetero) is 1. The van der Waals surface area contributed by atoms with E-state index in [1.54, 1.807) is 48.5 Å². The molecule has 130 valence electrons. The predicted octanol–water partition coefficient (Wildman–Crippen LogP) is 3.21. The molecule has 0 spiro atoms. The minimum absolute atomic E-state index is 0.0578. The first kappa shape index (κ1) is 18.7. The van der Waals surface area contributed by atoms with E-state index in [1.807, 2.05) is 0 Å². The smallest absolute Gasteiger partial charge is 0.344 e. The molecule has 0 aromatic heterocycles. The predicted molar refractivity (Wildman–Crippen MR) is 95.7 cm³/mol. The number of esters is 1. The molecule has 1 N–H and O–H groups in total. The van der Waals surface area contributed by atoms with E-state index in [1.165, 1.54) is 6.92 Å². The SMILES string of the molecule is CC(=O)c1ccc(NC(=O)COC(=O)COc2ccc(Br)cc2)cc1. The van der Waals surface area contributed by atoms with Gasteiger partial charge in [0.2, 0.25) is 0 Å². The topological polar surface area (TPSA) is 81.7 Å². The molecule has 2 aromatic carbocycles. The summed E-state index contributed by atoms with van der Waals surface area (Å²) in [6.45, 7) is 0.753. The van der Waals surface area contributed by atoms with E-state index in [9.17, 15) is 14.4 Å². The maximum atomic E-state index is 11.7. The van der Waals surface area contributed by atoms with Crippen LogP contribution in [-0.4, -0.2) is 30.9 Å². The lowest BCUT2D eigenvalue weighted by atomic mass is 10.1. The number of ketones is 1. The van der Waals surface area contributed by atoms with Crippen molar-refractivity contribution in [2.45, 2.75) is 6.92 Å².